The molecule has 0 spiro atoms. The molecule has 1 aromatic carbocycles. The highest BCUT2D eigenvalue weighted by molar-refractivity contribution is 7.80. The van der Waals surface area contributed by atoms with Crippen LogP contribution in [0.1, 0.15) is 18.4 Å². The molecule has 1 amide bonds. The second kappa shape index (κ2) is 7.04. The van der Waals surface area contributed by atoms with Crippen LogP contribution in [-0.4, -0.2) is 18.1 Å². The number of nitrogens with one attached hydrogen (secondary N) is 2. The molecule has 0 radical (unpaired) electrons. The van der Waals surface area contributed by atoms with Crippen molar-refractivity contribution in [1.29, 1.82) is 0 Å². The molecule has 0 atom stereocenters. The average molecular weight is 302 g/mol. The molecule has 5 heteroatoms. The van der Waals surface area contributed by atoms with E-state index in [1.807, 2.05) is 43.4 Å². The SMILES string of the molecule is COc1cccc(C)c1NC(=S)NC(=O)C1=CCCC=C1. The first kappa shape index (κ1) is 15.3. The lowest BCUT2D eigenvalue weighted by Crippen LogP contribution is -2.35. The highest BCUT2D eigenvalue weighted by atomic mass is 32.1. The van der Waals surface area contributed by atoms with Gasteiger partial charge in [-0.1, -0.05) is 30.4 Å². The van der Waals surface area contributed by atoms with Crippen LogP contribution >= 0.6 is 12.2 Å². The summed E-state index contributed by atoms with van der Waals surface area (Å²) in [5.41, 5.74) is 2.39. The number of carbonyl (C=O) groups is 1. The quantitative estimate of drug-likeness (QED) is 0.843. The summed E-state index contributed by atoms with van der Waals surface area (Å²) in [6, 6.07) is 5.69. The van der Waals surface area contributed by atoms with Crippen LogP contribution in [0.15, 0.2) is 42.0 Å². The molecule has 2 N–H and O–H groups in total. The number of aryl methyl sites for hydroxylation is 1. The van der Waals surface area contributed by atoms with Crippen molar-refractivity contribution in [2.75, 3.05) is 12.4 Å². The van der Waals surface area contributed by atoms with Gasteiger partial charge in [-0.05, 0) is 43.6 Å². The van der Waals surface area contributed by atoms with Gasteiger partial charge in [0.2, 0.25) is 0 Å². The van der Waals surface area contributed by atoms with Gasteiger partial charge in [0.25, 0.3) is 5.91 Å². The minimum atomic E-state index is -0.198. The van der Waals surface area contributed by atoms with Crippen LogP contribution in [0.2, 0.25) is 0 Å². The molecule has 4 nitrogen and oxygen atoms in total. The normalized spacial score (nSPS) is 13.3. The van der Waals surface area contributed by atoms with Crippen molar-refractivity contribution in [3.63, 3.8) is 0 Å². The number of amides is 1. The first-order valence-electron chi connectivity index (χ1n) is 6.74. The summed E-state index contributed by atoms with van der Waals surface area (Å²) in [5, 5.41) is 5.96. The van der Waals surface area contributed by atoms with Crippen LogP contribution < -0.4 is 15.4 Å². The molecular formula is C16H18N2O2S. The number of hydrogen-bond donors (Lipinski definition) is 2. The van der Waals surface area contributed by atoms with Gasteiger partial charge in [-0.2, -0.15) is 0 Å². The third-order valence-electron chi connectivity index (χ3n) is 3.18. The summed E-state index contributed by atoms with van der Waals surface area (Å²) in [7, 11) is 1.60. The Morgan fingerprint density at radius 1 is 1.33 bits per heavy atom. The summed E-state index contributed by atoms with van der Waals surface area (Å²) in [6.45, 7) is 1.95. The molecule has 2 rings (SSSR count). The molecule has 0 bridgehead atoms. The molecule has 21 heavy (non-hydrogen) atoms. The number of hydrogen-bond acceptors (Lipinski definition) is 3. The van der Waals surface area contributed by atoms with E-state index in [1.165, 1.54) is 0 Å². The van der Waals surface area contributed by atoms with Crippen molar-refractivity contribution in [1.82, 2.24) is 5.32 Å². The maximum atomic E-state index is 12.0. The monoisotopic (exact) mass is 302 g/mol. The van der Waals surface area contributed by atoms with Crippen molar-refractivity contribution >= 4 is 28.9 Å². The molecule has 1 aliphatic rings. The summed E-state index contributed by atoms with van der Waals surface area (Å²) in [6.07, 6.45) is 7.56. The van der Waals surface area contributed by atoms with E-state index < -0.39 is 0 Å². The number of thiocarbonyl (C=S) groups is 1. The standard InChI is InChI=1S/C16H18N2O2S/c1-11-7-6-10-13(20-2)14(11)17-16(21)18-15(19)12-8-4-3-5-9-12/h4,6-10H,3,5H2,1-2H3,(H2,17,18,19,21). The zero-order valence-corrected chi connectivity index (χ0v) is 12.9. The van der Waals surface area contributed by atoms with Crippen molar-refractivity contribution in [2.45, 2.75) is 19.8 Å². The lowest BCUT2D eigenvalue weighted by molar-refractivity contribution is -0.115. The molecule has 0 fully saturated rings. The lowest BCUT2D eigenvalue weighted by Gasteiger charge is -2.15. The Morgan fingerprint density at radius 2 is 2.14 bits per heavy atom. The molecule has 1 aliphatic carbocycles. The van der Waals surface area contributed by atoms with Gasteiger partial charge in [-0.25, -0.2) is 0 Å². The van der Waals surface area contributed by atoms with Gasteiger partial charge < -0.3 is 10.1 Å². The number of anilines is 1. The first-order chi connectivity index (χ1) is 10.1. The zero-order chi connectivity index (χ0) is 15.2. The lowest BCUT2D eigenvalue weighted by atomic mass is 10.1. The van der Waals surface area contributed by atoms with E-state index in [0.717, 1.165) is 24.1 Å². The summed E-state index contributed by atoms with van der Waals surface area (Å²) in [4.78, 5) is 12.0. The van der Waals surface area contributed by atoms with Crippen LogP contribution in [0.4, 0.5) is 5.69 Å². The third kappa shape index (κ3) is 3.92. The van der Waals surface area contributed by atoms with E-state index in [0.29, 0.717) is 11.3 Å². The minimum Gasteiger partial charge on any atom is -0.495 e. The largest absolute Gasteiger partial charge is 0.495 e. The summed E-state index contributed by atoms with van der Waals surface area (Å²) in [5.74, 6) is 0.486. The van der Waals surface area contributed by atoms with Crippen molar-refractivity contribution < 1.29 is 9.53 Å². The molecule has 0 saturated carbocycles. The number of rotatable bonds is 3. The van der Waals surface area contributed by atoms with Crippen LogP contribution in [0, 0.1) is 6.92 Å². The zero-order valence-electron chi connectivity index (χ0n) is 12.1. The van der Waals surface area contributed by atoms with Gasteiger partial charge in [-0.3, -0.25) is 10.1 Å². The molecule has 0 aliphatic heterocycles. The van der Waals surface area contributed by atoms with Crippen LogP contribution in [0.3, 0.4) is 0 Å². The predicted octanol–water partition coefficient (Wildman–Crippen LogP) is 3.09. The highest BCUT2D eigenvalue weighted by Gasteiger charge is 2.12. The molecule has 0 saturated heterocycles. The number of benzene rings is 1. The van der Waals surface area contributed by atoms with Gasteiger partial charge in [-0.15, -0.1) is 0 Å². The molecule has 0 heterocycles. The maximum absolute atomic E-state index is 12.0. The van der Waals surface area contributed by atoms with Gasteiger partial charge in [0.1, 0.15) is 5.75 Å². The molecule has 0 unspecified atom stereocenters. The maximum Gasteiger partial charge on any atom is 0.257 e. The first-order valence-corrected chi connectivity index (χ1v) is 7.15. The van der Waals surface area contributed by atoms with E-state index in [2.05, 4.69) is 10.6 Å². The Hall–Kier alpha value is -2.14. The number of para-hydroxylation sites is 1. The minimum absolute atomic E-state index is 0.198. The van der Waals surface area contributed by atoms with Crippen molar-refractivity contribution in [2.24, 2.45) is 0 Å². The van der Waals surface area contributed by atoms with Gasteiger partial charge in [0, 0.05) is 5.57 Å². The second-order valence-electron chi connectivity index (χ2n) is 4.70. The Kier molecular flexibility index (Phi) is 5.11. The smallest absolute Gasteiger partial charge is 0.257 e. The Balaban J connectivity index is 2.04. The fraction of sp³-hybridized carbons (Fsp3) is 0.250. The Bertz CT molecular complexity index is 621. The summed E-state index contributed by atoms with van der Waals surface area (Å²) < 4.78 is 5.29. The van der Waals surface area contributed by atoms with E-state index in [9.17, 15) is 4.79 Å². The van der Waals surface area contributed by atoms with E-state index in [1.54, 1.807) is 7.11 Å². The van der Waals surface area contributed by atoms with Gasteiger partial charge in [0.05, 0.1) is 12.8 Å². The van der Waals surface area contributed by atoms with Gasteiger partial charge >= 0.3 is 0 Å². The Labute approximate surface area is 129 Å². The number of methoxy groups -OCH3 is 1. The average Bonchev–Trinajstić information content (AvgIpc) is 2.50. The predicted molar refractivity (Wildman–Crippen MR) is 88.6 cm³/mol. The second-order valence-corrected chi connectivity index (χ2v) is 5.11. The summed E-state index contributed by atoms with van der Waals surface area (Å²) >= 11 is 5.20. The number of allylic oxidation sites excluding steroid dienone is 2. The fourth-order valence-corrected chi connectivity index (χ4v) is 2.27. The highest BCUT2D eigenvalue weighted by Crippen LogP contribution is 2.27. The van der Waals surface area contributed by atoms with Crippen LogP contribution in [0.5, 0.6) is 5.75 Å². The van der Waals surface area contributed by atoms with E-state index in [4.69, 9.17) is 17.0 Å². The van der Waals surface area contributed by atoms with Crippen molar-refractivity contribution in [3.8, 4) is 5.75 Å². The van der Waals surface area contributed by atoms with Crippen LogP contribution in [-0.2, 0) is 4.79 Å². The van der Waals surface area contributed by atoms with Crippen molar-refractivity contribution in [3.05, 3.63) is 47.6 Å². The molecular weight excluding hydrogens is 284 g/mol. The van der Waals surface area contributed by atoms with E-state index >= 15 is 0 Å². The topological polar surface area (TPSA) is 50.4 Å². The molecule has 0 aromatic heterocycles. The number of carbonyl (C=O) groups excluding carboxylic acids is 1. The van der Waals surface area contributed by atoms with Crippen LogP contribution in [0.25, 0.3) is 0 Å². The van der Waals surface area contributed by atoms with Gasteiger partial charge in [0.15, 0.2) is 5.11 Å². The number of ether oxygens (including phenoxy) is 1. The fourth-order valence-electron chi connectivity index (χ4n) is 2.07. The third-order valence-corrected chi connectivity index (χ3v) is 3.38. The Morgan fingerprint density at radius 3 is 2.81 bits per heavy atom. The molecule has 1 aromatic rings. The molecule has 110 valence electrons. The van der Waals surface area contributed by atoms with E-state index in [-0.39, 0.29) is 11.0 Å².